The number of para-hydroxylation sites is 1. The summed E-state index contributed by atoms with van der Waals surface area (Å²) in [5.41, 5.74) is 1.78. The Kier molecular flexibility index (Phi) is 11.1. The lowest BCUT2D eigenvalue weighted by atomic mass is 10.0. The quantitative estimate of drug-likeness (QED) is 0.0819. The SMILES string of the molecule is CS(=O)(=O)N(Cc1ccc2ccccc2n1)c1ccc2c(c1)C(=O)N(CC(=O)O[C@@H](Cc1c(Cl)c[nH+]cc1Cl)c1ccc(OC(F)F)c(OCC3CC3)c1)C2=O. The number of esters is 1. The molecule has 2 aromatic heterocycles. The highest BCUT2D eigenvalue weighted by molar-refractivity contribution is 7.92. The lowest BCUT2D eigenvalue weighted by Gasteiger charge is -2.22. The molecule has 5 aromatic rings. The first-order valence-corrected chi connectivity index (χ1v) is 19.9. The number of nitrogens with zero attached hydrogens (tertiary/aromatic N) is 3. The summed E-state index contributed by atoms with van der Waals surface area (Å²) in [5.74, 6) is -2.56. The molecular formula is C39H33Cl2F2N4O8S+. The molecule has 3 aromatic carbocycles. The lowest BCUT2D eigenvalue weighted by molar-refractivity contribution is -0.377. The summed E-state index contributed by atoms with van der Waals surface area (Å²) in [7, 11) is -3.90. The van der Waals surface area contributed by atoms with Crippen LogP contribution in [0.2, 0.25) is 10.0 Å². The van der Waals surface area contributed by atoms with Crippen LogP contribution in [0.1, 0.15) is 56.5 Å². The van der Waals surface area contributed by atoms with Gasteiger partial charge in [0.05, 0.1) is 47.4 Å². The van der Waals surface area contributed by atoms with Crippen LogP contribution >= 0.6 is 23.2 Å². The van der Waals surface area contributed by atoms with Crippen LogP contribution in [0.25, 0.3) is 10.9 Å². The molecule has 0 saturated heterocycles. The molecule has 1 aliphatic heterocycles. The minimum atomic E-state index is -3.90. The molecule has 1 atom stereocenters. The molecule has 1 saturated carbocycles. The van der Waals surface area contributed by atoms with Gasteiger partial charge < -0.3 is 14.2 Å². The molecule has 0 bridgehead atoms. The van der Waals surface area contributed by atoms with Crippen LogP contribution in [0.5, 0.6) is 11.5 Å². The Morgan fingerprint density at radius 1 is 0.964 bits per heavy atom. The number of imide groups is 1. The molecular weight excluding hydrogens is 793 g/mol. The summed E-state index contributed by atoms with van der Waals surface area (Å²) in [6.07, 6.45) is 4.59. The number of aromatic amines is 1. The van der Waals surface area contributed by atoms with Crippen LogP contribution in [0, 0.1) is 5.92 Å². The normalized spacial score (nSPS) is 14.6. The van der Waals surface area contributed by atoms with Crippen LogP contribution in [0.15, 0.2) is 85.2 Å². The van der Waals surface area contributed by atoms with E-state index in [2.05, 4.69) is 14.7 Å². The van der Waals surface area contributed by atoms with E-state index in [1.807, 2.05) is 24.3 Å². The Hall–Kier alpha value is -5.38. The maximum absolute atomic E-state index is 13.7. The predicted octanol–water partition coefficient (Wildman–Crippen LogP) is 6.84. The fraction of sp³-hybridized carbons (Fsp3) is 0.256. The number of fused-ring (bicyclic) bond motifs is 2. The Morgan fingerprint density at radius 3 is 2.41 bits per heavy atom. The zero-order valence-electron chi connectivity index (χ0n) is 29.6. The van der Waals surface area contributed by atoms with Gasteiger partial charge in [-0.05, 0) is 66.8 Å². The number of carbonyl (C=O) groups excluding carboxylic acids is 3. The first-order chi connectivity index (χ1) is 26.7. The molecule has 1 fully saturated rings. The van der Waals surface area contributed by atoms with Gasteiger partial charge in [0.1, 0.15) is 22.7 Å². The average molecular weight is 827 g/mol. The zero-order valence-corrected chi connectivity index (χ0v) is 31.9. The fourth-order valence-corrected chi connectivity index (χ4v) is 7.65. The van der Waals surface area contributed by atoms with Crippen molar-refractivity contribution in [3.8, 4) is 11.5 Å². The predicted molar refractivity (Wildman–Crippen MR) is 201 cm³/mol. The molecule has 0 unspecified atom stereocenters. The molecule has 2 amide bonds. The number of amides is 2. The number of carbonyl (C=O) groups is 3. The topological polar surface area (TPSA) is 147 Å². The summed E-state index contributed by atoms with van der Waals surface area (Å²) in [6, 6.07) is 19.0. The van der Waals surface area contributed by atoms with Gasteiger partial charge in [-0.3, -0.25) is 28.6 Å². The van der Waals surface area contributed by atoms with Gasteiger partial charge in [0.2, 0.25) is 10.0 Å². The minimum absolute atomic E-state index is 0.00465. The van der Waals surface area contributed by atoms with Crippen LogP contribution in [0.3, 0.4) is 0 Å². The van der Waals surface area contributed by atoms with Crippen molar-refractivity contribution in [1.82, 2.24) is 9.88 Å². The molecule has 56 heavy (non-hydrogen) atoms. The number of sulfonamides is 1. The van der Waals surface area contributed by atoms with Gasteiger partial charge in [0.25, 0.3) is 11.8 Å². The molecule has 1 N–H and O–H groups in total. The minimum Gasteiger partial charge on any atom is -0.489 e. The van der Waals surface area contributed by atoms with E-state index in [-0.39, 0.29) is 63.8 Å². The van der Waals surface area contributed by atoms with Crippen molar-refractivity contribution in [2.45, 2.75) is 38.5 Å². The third-order valence-corrected chi connectivity index (χ3v) is 11.1. The van der Waals surface area contributed by atoms with E-state index < -0.39 is 47.1 Å². The van der Waals surface area contributed by atoms with Crippen LogP contribution in [-0.4, -0.2) is 62.1 Å². The van der Waals surface area contributed by atoms with Crippen molar-refractivity contribution < 1.29 is 50.8 Å². The monoisotopic (exact) mass is 825 g/mol. The maximum atomic E-state index is 13.7. The number of aromatic nitrogens is 2. The zero-order chi connectivity index (χ0) is 39.7. The summed E-state index contributed by atoms with van der Waals surface area (Å²) in [6.45, 7) is -3.82. The number of H-pyrrole nitrogens is 1. The first kappa shape index (κ1) is 38.9. The number of ether oxygens (including phenoxy) is 3. The van der Waals surface area contributed by atoms with Crippen LogP contribution < -0.4 is 18.8 Å². The number of pyridine rings is 2. The second kappa shape index (κ2) is 16.0. The summed E-state index contributed by atoms with van der Waals surface area (Å²) >= 11 is 12.9. The molecule has 1 aliphatic carbocycles. The number of hydrogen-bond donors (Lipinski definition) is 0. The van der Waals surface area contributed by atoms with Gasteiger partial charge in [0, 0.05) is 17.4 Å². The second-order valence-electron chi connectivity index (χ2n) is 13.3. The number of alkyl halides is 2. The number of rotatable bonds is 15. The van der Waals surface area contributed by atoms with Gasteiger partial charge >= 0.3 is 12.6 Å². The van der Waals surface area contributed by atoms with E-state index in [0.717, 1.165) is 28.8 Å². The Morgan fingerprint density at radius 2 is 1.70 bits per heavy atom. The smallest absolute Gasteiger partial charge is 0.387 e. The van der Waals surface area contributed by atoms with E-state index in [4.69, 9.17) is 32.7 Å². The van der Waals surface area contributed by atoms with E-state index in [9.17, 15) is 31.6 Å². The van der Waals surface area contributed by atoms with E-state index in [1.54, 1.807) is 12.1 Å². The highest BCUT2D eigenvalue weighted by Gasteiger charge is 2.39. The molecule has 290 valence electrons. The van der Waals surface area contributed by atoms with Gasteiger partial charge in [0.15, 0.2) is 23.9 Å². The van der Waals surface area contributed by atoms with Crippen molar-refractivity contribution in [3.05, 3.63) is 123 Å². The van der Waals surface area contributed by atoms with E-state index in [0.29, 0.717) is 27.2 Å². The fourth-order valence-electron chi connectivity index (χ4n) is 6.25. The van der Waals surface area contributed by atoms with Gasteiger partial charge in [-0.25, -0.2) is 13.4 Å². The van der Waals surface area contributed by atoms with Crippen molar-refractivity contribution in [2.24, 2.45) is 5.92 Å². The average Bonchev–Trinajstić information content (AvgIpc) is 3.96. The number of hydrogen-bond acceptors (Lipinski definition) is 9. The summed E-state index contributed by atoms with van der Waals surface area (Å²) < 4.78 is 70.0. The van der Waals surface area contributed by atoms with Gasteiger partial charge in [-0.15, -0.1) is 0 Å². The number of nitrogens with one attached hydrogen (secondary N) is 1. The molecule has 12 nitrogen and oxygen atoms in total. The van der Waals surface area contributed by atoms with Gasteiger partial charge in [-0.2, -0.15) is 8.78 Å². The number of anilines is 1. The molecule has 7 rings (SSSR count). The molecule has 2 aliphatic rings. The molecule has 17 heteroatoms. The molecule has 3 heterocycles. The van der Waals surface area contributed by atoms with E-state index >= 15 is 0 Å². The first-order valence-electron chi connectivity index (χ1n) is 17.3. The Balaban J connectivity index is 1.13. The van der Waals surface area contributed by atoms with Crippen molar-refractivity contribution in [2.75, 3.05) is 23.7 Å². The molecule has 0 spiro atoms. The highest BCUT2D eigenvalue weighted by Crippen LogP contribution is 2.38. The van der Waals surface area contributed by atoms with Crippen molar-refractivity contribution >= 4 is 67.6 Å². The second-order valence-corrected chi connectivity index (χ2v) is 16.1. The highest BCUT2D eigenvalue weighted by atomic mass is 35.5. The summed E-state index contributed by atoms with van der Waals surface area (Å²) in [4.78, 5) is 48.9. The van der Waals surface area contributed by atoms with Gasteiger partial charge in [-0.1, -0.05) is 53.5 Å². The number of halogens is 4. The lowest BCUT2D eigenvalue weighted by Crippen LogP contribution is -2.36. The standard InChI is InChI=1S/C39H32Cl2F2N4O8S/c1-56(51,52)47(19-25-10-8-23-4-2-3-5-32(23)45-25)26-11-12-27-28(15-26)38(50)46(37(27)49)20-36(48)54-34(16-29-30(40)17-44-18-31(29)41)24-9-13-33(55-39(42)43)35(14-24)53-21-22-6-7-22/h2-5,8-15,17-18,22,34,39H,6-7,16,19-21H2,1H3/p+1/t34-/m0/s1. The van der Waals surface area contributed by atoms with Crippen molar-refractivity contribution in [1.29, 1.82) is 0 Å². The molecule has 0 radical (unpaired) electrons. The van der Waals surface area contributed by atoms with E-state index in [1.165, 1.54) is 48.8 Å². The van der Waals surface area contributed by atoms with Crippen LogP contribution in [0.4, 0.5) is 14.5 Å². The Bertz CT molecular complexity index is 2450. The maximum Gasteiger partial charge on any atom is 0.387 e. The van der Waals surface area contributed by atoms with Crippen molar-refractivity contribution in [3.63, 3.8) is 0 Å². The van der Waals surface area contributed by atoms with Crippen LogP contribution in [-0.2, 0) is 32.5 Å². The third kappa shape index (κ3) is 8.69. The number of benzene rings is 3. The Labute approximate surface area is 329 Å². The third-order valence-electron chi connectivity index (χ3n) is 9.28. The summed E-state index contributed by atoms with van der Waals surface area (Å²) in [5, 5.41) is 1.31. The largest absolute Gasteiger partial charge is 0.489 e.